The van der Waals surface area contributed by atoms with Gasteiger partial charge in [0.15, 0.2) is 4.60 Å². The highest BCUT2D eigenvalue weighted by Gasteiger charge is 2.23. The van der Waals surface area contributed by atoms with Gasteiger partial charge in [-0.1, -0.05) is 12.1 Å². The van der Waals surface area contributed by atoms with E-state index in [-0.39, 0.29) is 22.6 Å². The van der Waals surface area contributed by atoms with Crippen LogP contribution < -0.4 is 4.72 Å². The van der Waals surface area contributed by atoms with E-state index in [4.69, 9.17) is 5.11 Å². The molecule has 102 valence electrons. The Kier molecular flexibility index (Phi) is 4.82. The maximum Gasteiger partial charge on any atom is 0.306 e. The molecule has 0 aliphatic carbocycles. The number of hydrogen-bond acceptors (Lipinski definition) is 5. The first-order valence-corrected chi connectivity index (χ1v) is 7.31. The van der Waals surface area contributed by atoms with Crippen LogP contribution in [0.1, 0.15) is 13.3 Å². The van der Waals surface area contributed by atoms with Crippen molar-refractivity contribution in [2.45, 2.75) is 18.4 Å². The van der Waals surface area contributed by atoms with Crippen LogP contribution >= 0.6 is 15.9 Å². The number of rotatable bonds is 6. The Morgan fingerprint density at radius 3 is 2.67 bits per heavy atom. The van der Waals surface area contributed by atoms with Gasteiger partial charge in [0.2, 0.25) is 5.03 Å². The zero-order chi connectivity index (χ0) is 13.9. The minimum atomic E-state index is -3.75. The summed E-state index contributed by atoms with van der Waals surface area (Å²) in [6.07, 6.45) is 0.206. The van der Waals surface area contributed by atoms with Crippen molar-refractivity contribution in [2.24, 2.45) is 13.0 Å². The van der Waals surface area contributed by atoms with Gasteiger partial charge in [-0.15, -0.1) is 5.10 Å². The van der Waals surface area contributed by atoms with E-state index in [2.05, 4.69) is 31.0 Å². The van der Waals surface area contributed by atoms with E-state index in [1.165, 1.54) is 14.0 Å². The first kappa shape index (κ1) is 15.1. The lowest BCUT2D eigenvalue weighted by atomic mass is 10.1. The number of nitrogens with one attached hydrogen (secondary N) is 1. The van der Waals surface area contributed by atoms with Crippen molar-refractivity contribution in [1.29, 1.82) is 0 Å². The standard InChI is InChI=1S/C8H13BrN4O4S/c1-5(8(14)15)3-4-10-18(16,17)7-6(9)11-12-13(7)2/h5,10H,3-4H2,1-2H3,(H,14,15). The molecule has 0 aromatic carbocycles. The summed E-state index contributed by atoms with van der Waals surface area (Å²) >= 11 is 2.99. The molecular formula is C8H13BrN4O4S. The number of hydrogen-bond donors (Lipinski definition) is 2. The fourth-order valence-corrected chi connectivity index (χ4v) is 3.35. The zero-order valence-electron chi connectivity index (χ0n) is 9.79. The number of aromatic nitrogens is 3. The van der Waals surface area contributed by atoms with E-state index < -0.39 is 21.9 Å². The van der Waals surface area contributed by atoms with Crippen molar-refractivity contribution in [1.82, 2.24) is 19.7 Å². The lowest BCUT2D eigenvalue weighted by Gasteiger charge is -2.08. The highest BCUT2D eigenvalue weighted by atomic mass is 79.9. The fraction of sp³-hybridized carbons (Fsp3) is 0.625. The second-order valence-corrected chi connectivity index (χ2v) is 6.17. The fourth-order valence-electron chi connectivity index (χ4n) is 1.21. The molecule has 0 spiro atoms. The van der Waals surface area contributed by atoms with Gasteiger partial charge in [-0.05, 0) is 22.4 Å². The molecule has 1 aromatic rings. The van der Waals surface area contributed by atoms with Gasteiger partial charge in [0.25, 0.3) is 10.0 Å². The molecule has 2 N–H and O–H groups in total. The van der Waals surface area contributed by atoms with Crippen molar-refractivity contribution in [3.8, 4) is 0 Å². The monoisotopic (exact) mass is 340 g/mol. The van der Waals surface area contributed by atoms with Crippen LogP contribution in [0.4, 0.5) is 0 Å². The van der Waals surface area contributed by atoms with Crippen LogP contribution in [0, 0.1) is 5.92 Å². The Balaban J connectivity index is 2.70. The molecule has 0 aliphatic heterocycles. The average molecular weight is 341 g/mol. The minimum absolute atomic E-state index is 0.0351. The summed E-state index contributed by atoms with van der Waals surface area (Å²) in [7, 11) is -2.30. The van der Waals surface area contributed by atoms with Crippen LogP contribution in [0.2, 0.25) is 0 Å². The minimum Gasteiger partial charge on any atom is -0.481 e. The van der Waals surface area contributed by atoms with Crippen molar-refractivity contribution in [2.75, 3.05) is 6.54 Å². The highest BCUT2D eigenvalue weighted by Crippen LogP contribution is 2.17. The normalized spacial score (nSPS) is 13.5. The first-order chi connectivity index (χ1) is 8.25. The average Bonchev–Trinajstić information content (AvgIpc) is 2.58. The van der Waals surface area contributed by atoms with Crippen LogP contribution in [0.15, 0.2) is 9.63 Å². The second-order valence-electron chi connectivity index (χ2n) is 3.73. The summed E-state index contributed by atoms with van der Waals surface area (Å²) in [5.74, 6) is -1.57. The number of carbonyl (C=O) groups is 1. The lowest BCUT2D eigenvalue weighted by molar-refractivity contribution is -0.141. The van der Waals surface area contributed by atoms with Gasteiger partial charge in [-0.2, -0.15) is 0 Å². The molecule has 1 atom stereocenters. The lowest BCUT2D eigenvalue weighted by Crippen LogP contribution is -2.29. The van der Waals surface area contributed by atoms with E-state index in [1.807, 2.05) is 0 Å². The van der Waals surface area contributed by atoms with Crippen molar-refractivity contribution >= 4 is 31.9 Å². The molecule has 10 heteroatoms. The van der Waals surface area contributed by atoms with Gasteiger partial charge in [0.1, 0.15) is 0 Å². The molecule has 1 heterocycles. The topological polar surface area (TPSA) is 114 Å². The van der Waals surface area contributed by atoms with E-state index >= 15 is 0 Å². The molecule has 0 amide bonds. The Hall–Kier alpha value is -1.00. The maximum atomic E-state index is 11.9. The summed E-state index contributed by atoms with van der Waals surface area (Å²) in [5, 5.41) is 15.7. The third kappa shape index (κ3) is 3.50. The quantitative estimate of drug-likeness (QED) is 0.751. The maximum absolute atomic E-state index is 11.9. The number of nitrogens with zero attached hydrogens (tertiary/aromatic N) is 3. The Labute approximate surface area is 113 Å². The number of aryl methyl sites for hydroxylation is 1. The van der Waals surface area contributed by atoms with Gasteiger partial charge in [0, 0.05) is 13.6 Å². The Bertz CT molecular complexity index is 522. The number of carboxylic acid groups (broad SMARTS) is 1. The van der Waals surface area contributed by atoms with Crippen LogP contribution in [0.25, 0.3) is 0 Å². The van der Waals surface area contributed by atoms with Crippen LogP contribution in [-0.4, -0.2) is 41.0 Å². The summed E-state index contributed by atoms with van der Waals surface area (Å²) in [6.45, 7) is 1.55. The van der Waals surface area contributed by atoms with E-state index in [9.17, 15) is 13.2 Å². The van der Waals surface area contributed by atoms with E-state index in [0.29, 0.717) is 0 Å². The van der Waals surface area contributed by atoms with E-state index in [1.54, 1.807) is 0 Å². The van der Waals surface area contributed by atoms with Crippen molar-refractivity contribution < 1.29 is 18.3 Å². The predicted molar refractivity (Wildman–Crippen MR) is 65.3 cm³/mol. The molecule has 0 saturated carbocycles. The molecule has 0 radical (unpaired) electrons. The molecule has 18 heavy (non-hydrogen) atoms. The molecule has 1 unspecified atom stereocenters. The smallest absolute Gasteiger partial charge is 0.306 e. The molecule has 1 aromatic heterocycles. The summed E-state index contributed by atoms with van der Waals surface area (Å²) in [5.41, 5.74) is 0. The Morgan fingerprint density at radius 2 is 2.22 bits per heavy atom. The van der Waals surface area contributed by atoms with Gasteiger partial charge >= 0.3 is 5.97 Å². The highest BCUT2D eigenvalue weighted by molar-refractivity contribution is 9.10. The van der Waals surface area contributed by atoms with Crippen molar-refractivity contribution in [3.63, 3.8) is 0 Å². The second kappa shape index (κ2) is 5.76. The molecule has 0 fully saturated rings. The zero-order valence-corrected chi connectivity index (χ0v) is 12.2. The van der Waals surface area contributed by atoms with Gasteiger partial charge in [-0.3, -0.25) is 4.79 Å². The molecule has 1 rings (SSSR count). The van der Waals surface area contributed by atoms with E-state index in [0.717, 1.165) is 4.68 Å². The Morgan fingerprint density at radius 1 is 1.61 bits per heavy atom. The number of halogens is 1. The van der Waals surface area contributed by atoms with Crippen molar-refractivity contribution in [3.05, 3.63) is 4.60 Å². The van der Waals surface area contributed by atoms with Crippen LogP contribution in [-0.2, 0) is 21.9 Å². The molecule has 8 nitrogen and oxygen atoms in total. The van der Waals surface area contributed by atoms with Crippen LogP contribution in [0.3, 0.4) is 0 Å². The largest absolute Gasteiger partial charge is 0.481 e. The molecule has 0 aliphatic rings. The number of sulfonamides is 1. The SMILES string of the molecule is CC(CCNS(=O)(=O)c1c(Br)nnn1C)C(=O)O. The summed E-state index contributed by atoms with van der Waals surface area (Å²) in [6, 6.07) is 0. The van der Waals surface area contributed by atoms with Gasteiger partial charge in [-0.25, -0.2) is 17.8 Å². The number of carboxylic acids is 1. The molecular weight excluding hydrogens is 328 g/mol. The van der Waals surface area contributed by atoms with Gasteiger partial charge < -0.3 is 5.11 Å². The third-order valence-electron chi connectivity index (χ3n) is 2.28. The third-order valence-corrected chi connectivity index (χ3v) is 4.63. The molecule has 0 saturated heterocycles. The van der Waals surface area contributed by atoms with Crippen LogP contribution in [0.5, 0.6) is 0 Å². The first-order valence-electron chi connectivity index (χ1n) is 5.03. The predicted octanol–water partition coefficient (Wildman–Crippen LogP) is -0.0333. The summed E-state index contributed by atoms with van der Waals surface area (Å²) < 4.78 is 27.3. The van der Waals surface area contributed by atoms with Gasteiger partial charge in [0.05, 0.1) is 5.92 Å². The number of aliphatic carboxylic acids is 1. The molecule has 0 bridgehead atoms. The summed E-state index contributed by atoms with van der Waals surface area (Å²) in [4.78, 5) is 10.6.